The molecule has 0 heterocycles. The van der Waals surface area contributed by atoms with E-state index in [1.165, 1.54) is 38.2 Å². The summed E-state index contributed by atoms with van der Waals surface area (Å²) in [4.78, 5) is 23.2. The second kappa shape index (κ2) is 6.55. The highest BCUT2D eigenvalue weighted by Crippen LogP contribution is 2.63. The van der Waals surface area contributed by atoms with Crippen LogP contribution in [0.5, 0.6) is 0 Å². The number of carbonyl (C=O) groups is 2. The zero-order valence-corrected chi connectivity index (χ0v) is 16.3. The minimum atomic E-state index is -0.232. The number of allylic oxidation sites excluding steroid dienone is 1. The molecule has 3 heteroatoms. The quantitative estimate of drug-likeness (QED) is 0.413. The molecule has 3 aliphatic rings. The first-order valence-electron chi connectivity index (χ1n) is 10.0. The average Bonchev–Trinajstić information content (AvgIpc) is 2.85. The van der Waals surface area contributed by atoms with Crippen molar-refractivity contribution >= 4 is 12.3 Å². The van der Waals surface area contributed by atoms with Crippen molar-refractivity contribution in [1.82, 2.24) is 0 Å². The summed E-state index contributed by atoms with van der Waals surface area (Å²) < 4.78 is 5.42. The predicted molar refractivity (Wildman–Crippen MR) is 98.9 cm³/mol. The maximum Gasteiger partial charge on any atom is 0.302 e. The zero-order chi connectivity index (χ0) is 18.4. The van der Waals surface area contributed by atoms with Crippen LogP contribution in [0.1, 0.15) is 72.6 Å². The Balaban J connectivity index is 1.79. The van der Waals surface area contributed by atoms with E-state index in [0.29, 0.717) is 29.6 Å². The molecule has 0 aromatic rings. The van der Waals surface area contributed by atoms with Gasteiger partial charge in [0.2, 0.25) is 0 Å². The Hall–Kier alpha value is -1.12. The molecule has 3 rings (SSSR count). The van der Waals surface area contributed by atoms with Gasteiger partial charge in [-0.25, -0.2) is 0 Å². The van der Waals surface area contributed by atoms with Gasteiger partial charge in [0.05, 0.1) is 0 Å². The van der Waals surface area contributed by atoms with E-state index in [4.69, 9.17) is 4.74 Å². The molecule has 0 amide bonds. The Morgan fingerprint density at radius 1 is 1.20 bits per heavy atom. The molecule has 140 valence electrons. The Labute approximate surface area is 152 Å². The lowest BCUT2D eigenvalue weighted by Crippen LogP contribution is -2.50. The summed E-state index contributed by atoms with van der Waals surface area (Å²) in [5.74, 6) is 1.66. The summed E-state index contributed by atoms with van der Waals surface area (Å²) in [6, 6.07) is 0. The molecule has 0 spiro atoms. The Morgan fingerprint density at radius 2 is 1.92 bits per heavy atom. The summed E-state index contributed by atoms with van der Waals surface area (Å²) in [5, 5.41) is 0. The summed E-state index contributed by atoms with van der Waals surface area (Å²) in [6.45, 7) is 13.0. The zero-order valence-electron chi connectivity index (χ0n) is 16.3. The number of aldehydes is 1. The van der Waals surface area contributed by atoms with E-state index in [1.54, 1.807) is 0 Å². The molecule has 0 aromatic carbocycles. The summed E-state index contributed by atoms with van der Waals surface area (Å²) in [7, 11) is 0. The highest BCUT2D eigenvalue weighted by Gasteiger charge is 2.55. The predicted octanol–water partition coefficient (Wildman–Crippen LogP) is 4.94. The van der Waals surface area contributed by atoms with Gasteiger partial charge < -0.3 is 9.53 Å². The number of hydrogen-bond donors (Lipinski definition) is 0. The lowest BCUT2D eigenvalue weighted by molar-refractivity contribution is -0.155. The van der Waals surface area contributed by atoms with Crippen molar-refractivity contribution in [2.75, 3.05) is 0 Å². The van der Waals surface area contributed by atoms with Gasteiger partial charge in [-0.2, -0.15) is 0 Å². The maximum absolute atomic E-state index is 11.9. The van der Waals surface area contributed by atoms with Crippen molar-refractivity contribution in [3.05, 3.63) is 12.2 Å². The topological polar surface area (TPSA) is 43.4 Å². The van der Waals surface area contributed by atoms with E-state index in [2.05, 4.69) is 27.4 Å². The highest BCUT2D eigenvalue weighted by molar-refractivity contribution is 5.66. The molecule has 3 saturated carbocycles. The Morgan fingerprint density at radius 3 is 2.56 bits per heavy atom. The van der Waals surface area contributed by atoms with Gasteiger partial charge in [0.1, 0.15) is 12.4 Å². The number of rotatable bonds is 3. The third kappa shape index (κ3) is 2.98. The first kappa shape index (κ1) is 18.7. The van der Waals surface area contributed by atoms with E-state index in [1.807, 2.05) is 0 Å². The SMILES string of the molecule is C=C1CCC2[C@H](C)C([C@@]3(C)CC[C@H](OC(C)=O)C[C@@H]3C=O)CC[C@]12C. The fourth-order valence-electron chi connectivity index (χ4n) is 6.67. The van der Waals surface area contributed by atoms with Gasteiger partial charge in [-0.1, -0.05) is 32.9 Å². The van der Waals surface area contributed by atoms with Crippen LogP contribution in [0.4, 0.5) is 0 Å². The van der Waals surface area contributed by atoms with Gasteiger partial charge in [0.15, 0.2) is 0 Å². The van der Waals surface area contributed by atoms with Crippen LogP contribution in [0.15, 0.2) is 12.2 Å². The van der Waals surface area contributed by atoms with Crippen LogP contribution in [0, 0.1) is 34.5 Å². The lowest BCUT2D eigenvalue weighted by atomic mass is 9.50. The van der Waals surface area contributed by atoms with Gasteiger partial charge in [-0.3, -0.25) is 4.79 Å². The van der Waals surface area contributed by atoms with E-state index in [9.17, 15) is 9.59 Å². The van der Waals surface area contributed by atoms with E-state index >= 15 is 0 Å². The van der Waals surface area contributed by atoms with Crippen LogP contribution < -0.4 is 0 Å². The first-order valence-corrected chi connectivity index (χ1v) is 10.0. The van der Waals surface area contributed by atoms with E-state index < -0.39 is 0 Å². The monoisotopic (exact) mass is 346 g/mol. The largest absolute Gasteiger partial charge is 0.463 e. The minimum absolute atomic E-state index is 0.00740. The summed E-state index contributed by atoms with van der Waals surface area (Å²) in [5.41, 5.74) is 1.78. The van der Waals surface area contributed by atoms with Gasteiger partial charge in [-0.05, 0) is 73.5 Å². The molecule has 0 N–H and O–H groups in total. The summed E-state index contributed by atoms with van der Waals surface area (Å²) in [6.07, 6.45) is 8.43. The maximum atomic E-state index is 11.9. The number of fused-ring (bicyclic) bond motifs is 1. The number of ether oxygens (including phenoxy) is 1. The molecule has 0 radical (unpaired) electrons. The van der Waals surface area contributed by atoms with Crippen molar-refractivity contribution in [3.63, 3.8) is 0 Å². The molecule has 0 saturated heterocycles. The molecule has 7 atom stereocenters. The van der Waals surface area contributed by atoms with Gasteiger partial charge in [0, 0.05) is 12.8 Å². The van der Waals surface area contributed by atoms with Crippen molar-refractivity contribution in [2.45, 2.75) is 78.7 Å². The van der Waals surface area contributed by atoms with Crippen molar-refractivity contribution in [3.8, 4) is 0 Å². The fraction of sp³-hybridized carbons (Fsp3) is 0.818. The number of esters is 1. The van der Waals surface area contributed by atoms with Crippen molar-refractivity contribution in [1.29, 1.82) is 0 Å². The fourth-order valence-corrected chi connectivity index (χ4v) is 6.67. The molecular formula is C22H34O3. The third-order valence-electron chi connectivity index (χ3n) is 8.34. The van der Waals surface area contributed by atoms with Crippen LogP contribution in [0.2, 0.25) is 0 Å². The van der Waals surface area contributed by atoms with Crippen LogP contribution in [0.3, 0.4) is 0 Å². The molecule has 0 aliphatic heterocycles. The van der Waals surface area contributed by atoms with E-state index in [0.717, 1.165) is 19.1 Å². The van der Waals surface area contributed by atoms with Crippen LogP contribution in [-0.4, -0.2) is 18.4 Å². The van der Waals surface area contributed by atoms with Crippen molar-refractivity contribution in [2.24, 2.45) is 34.5 Å². The third-order valence-corrected chi connectivity index (χ3v) is 8.34. The first-order chi connectivity index (χ1) is 11.7. The van der Waals surface area contributed by atoms with Gasteiger partial charge in [0.25, 0.3) is 0 Å². The van der Waals surface area contributed by atoms with Gasteiger partial charge in [-0.15, -0.1) is 0 Å². The molecule has 0 bridgehead atoms. The molecule has 25 heavy (non-hydrogen) atoms. The van der Waals surface area contributed by atoms with Crippen LogP contribution in [0.25, 0.3) is 0 Å². The second-order valence-corrected chi connectivity index (χ2v) is 9.42. The van der Waals surface area contributed by atoms with Crippen molar-refractivity contribution < 1.29 is 14.3 Å². The summed E-state index contributed by atoms with van der Waals surface area (Å²) >= 11 is 0. The van der Waals surface area contributed by atoms with Crippen LogP contribution >= 0.6 is 0 Å². The minimum Gasteiger partial charge on any atom is -0.463 e. The normalized spacial score (nSPS) is 47.2. The molecular weight excluding hydrogens is 312 g/mol. The standard InChI is InChI=1S/C22H34O3/c1-14-6-7-19-15(2)20(9-11-21(14,19)4)22(5)10-8-18(25-16(3)24)12-17(22)13-23/h13,15,17-20H,1,6-12H2,2-5H3/t15-,17+,18-,19?,20?,21+,22-/m0/s1. The number of hydrogen-bond acceptors (Lipinski definition) is 3. The molecule has 3 aliphatic carbocycles. The number of carbonyl (C=O) groups excluding carboxylic acids is 2. The lowest BCUT2D eigenvalue weighted by Gasteiger charge is -2.55. The molecule has 3 fully saturated rings. The molecule has 2 unspecified atom stereocenters. The van der Waals surface area contributed by atoms with Gasteiger partial charge >= 0.3 is 5.97 Å². The average molecular weight is 347 g/mol. The van der Waals surface area contributed by atoms with Crippen LogP contribution in [-0.2, 0) is 14.3 Å². The molecule has 0 aromatic heterocycles. The molecule has 3 nitrogen and oxygen atoms in total. The Kier molecular flexibility index (Phi) is 4.89. The van der Waals surface area contributed by atoms with E-state index in [-0.39, 0.29) is 23.4 Å². The highest BCUT2D eigenvalue weighted by atomic mass is 16.5. The second-order valence-electron chi connectivity index (χ2n) is 9.42. The Bertz CT molecular complexity index is 568. The smallest absolute Gasteiger partial charge is 0.302 e.